The van der Waals surface area contributed by atoms with Crippen LogP contribution in [-0.4, -0.2) is 43.6 Å². The highest BCUT2D eigenvalue weighted by Gasteiger charge is 2.26. The molecule has 2 aromatic heterocycles. The lowest BCUT2D eigenvalue weighted by atomic mass is 10.1. The molecule has 3 atom stereocenters. The first-order valence-electron chi connectivity index (χ1n) is 13.3. The molecule has 4 N–H and O–H groups in total. The van der Waals surface area contributed by atoms with Crippen LogP contribution in [0.5, 0.6) is 0 Å². The largest absolute Gasteiger partial charge is 0.399 e. The average molecular weight is 535 g/mol. The van der Waals surface area contributed by atoms with Gasteiger partial charge in [-0.3, -0.25) is 14.7 Å². The zero-order valence-corrected chi connectivity index (χ0v) is 23.0. The topological polar surface area (TPSA) is 129 Å². The second kappa shape index (κ2) is 12.4. The number of imidazole rings is 1. The van der Waals surface area contributed by atoms with E-state index in [1.807, 2.05) is 73.0 Å². The Morgan fingerprint density at radius 1 is 1.03 bits per heavy atom. The number of fused-ring (bicyclic) bond motifs is 1. The van der Waals surface area contributed by atoms with Crippen LogP contribution in [0.1, 0.15) is 56.5 Å². The molecular formula is C29H38N6O4. The summed E-state index contributed by atoms with van der Waals surface area (Å²) in [4.78, 5) is 32.5. The summed E-state index contributed by atoms with van der Waals surface area (Å²) in [6.45, 7) is 6.17. The maximum absolute atomic E-state index is 13.9. The van der Waals surface area contributed by atoms with Gasteiger partial charge in [-0.25, -0.2) is 14.3 Å². The molecule has 208 valence electrons. The summed E-state index contributed by atoms with van der Waals surface area (Å²) < 4.78 is 9.98. The number of nitrogens with one attached hydrogen (secondary N) is 1. The molecule has 0 saturated carbocycles. The lowest BCUT2D eigenvalue weighted by Crippen LogP contribution is -2.43. The van der Waals surface area contributed by atoms with Gasteiger partial charge in [0.15, 0.2) is 11.2 Å². The minimum atomic E-state index is -0.775. The molecule has 0 radical (unpaired) electrons. The molecule has 39 heavy (non-hydrogen) atoms. The van der Waals surface area contributed by atoms with Gasteiger partial charge in [-0.05, 0) is 49.9 Å². The lowest BCUT2D eigenvalue weighted by molar-refractivity contribution is 0.0530. The van der Waals surface area contributed by atoms with Crippen LogP contribution >= 0.6 is 0 Å². The molecule has 0 saturated heterocycles. The van der Waals surface area contributed by atoms with Gasteiger partial charge in [0.2, 0.25) is 0 Å². The number of nitrogens with zero attached hydrogens (tertiary/aromatic N) is 4. The molecule has 4 rings (SSSR count). The van der Waals surface area contributed by atoms with Crippen molar-refractivity contribution in [2.75, 3.05) is 19.4 Å². The summed E-state index contributed by atoms with van der Waals surface area (Å²) in [5.41, 5.74) is 8.24. The van der Waals surface area contributed by atoms with Crippen molar-refractivity contribution >= 4 is 16.9 Å². The van der Waals surface area contributed by atoms with Gasteiger partial charge in [0.05, 0.1) is 12.3 Å². The second-order valence-corrected chi connectivity index (χ2v) is 9.81. The zero-order chi connectivity index (χ0) is 28.1. The SMILES string of the molecule is CCC(O)CNC(C)n1c(Cc2ccccc2)nc2c1c(=O)n(C(C)OC)c(=O)n2CCc1ccc(N)cc1. The number of rotatable bonds is 12. The Morgan fingerprint density at radius 2 is 1.72 bits per heavy atom. The van der Waals surface area contributed by atoms with Gasteiger partial charge < -0.3 is 20.1 Å². The third-order valence-electron chi connectivity index (χ3n) is 7.10. The van der Waals surface area contributed by atoms with Crippen molar-refractivity contribution in [3.8, 4) is 0 Å². The normalized spacial score (nSPS) is 14.0. The third kappa shape index (κ3) is 6.13. The van der Waals surface area contributed by atoms with Crippen molar-refractivity contribution in [1.29, 1.82) is 0 Å². The fraction of sp³-hybridized carbons (Fsp3) is 0.414. The van der Waals surface area contributed by atoms with E-state index in [9.17, 15) is 14.7 Å². The van der Waals surface area contributed by atoms with E-state index in [2.05, 4.69) is 5.32 Å². The summed E-state index contributed by atoms with van der Waals surface area (Å²) in [6, 6.07) is 17.4. The lowest BCUT2D eigenvalue weighted by Gasteiger charge is -2.21. The van der Waals surface area contributed by atoms with E-state index < -0.39 is 23.6 Å². The number of aliphatic hydroxyl groups is 1. The van der Waals surface area contributed by atoms with Crippen LogP contribution in [0.15, 0.2) is 64.2 Å². The van der Waals surface area contributed by atoms with Crippen molar-refractivity contribution in [1.82, 2.24) is 24.0 Å². The van der Waals surface area contributed by atoms with E-state index in [1.165, 1.54) is 7.11 Å². The number of benzene rings is 2. The first-order valence-corrected chi connectivity index (χ1v) is 13.3. The van der Waals surface area contributed by atoms with Crippen LogP contribution in [0.25, 0.3) is 11.2 Å². The Hall–Kier alpha value is -3.73. The second-order valence-electron chi connectivity index (χ2n) is 9.81. The number of hydrogen-bond acceptors (Lipinski definition) is 7. The van der Waals surface area contributed by atoms with E-state index in [0.29, 0.717) is 55.0 Å². The van der Waals surface area contributed by atoms with Gasteiger partial charge in [-0.15, -0.1) is 0 Å². The molecule has 0 fully saturated rings. The molecule has 0 amide bonds. The molecule has 3 unspecified atom stereocenters. The van der Waals surface area contributed by atoms with Crippen molar-refractivity contribution in [2.24, 2.45) is 0 Å². The van der Waals surface area contributed by atoms with Crippen molar-refractivity contribution in [2.45, 2.75) is 65.1 Å². The van der Waals surface area contributed by atoms with E-state index >= 15 is 0 Å². The Kier molecular flexibility index (Phi) is 9.01. The van der Waals surface area contributed by atoms with Crippen LogP contribution in [0, 0.1) is 0 Å². The van der Waals surface area contributed by atoms with Crippen molar-refractivity contribution in [3.63, 3.8) is 0 Å². The van der Waals surface area contributed by atoms with Crippen molar-refractivity contribution < 1.29 is 9.84 Å². The summed E-state index contributed by atoms with van der Waals surface area (Å²) >= 11 is 0. The van der Waals surface area contributed by atoms with E-state index in [-0.39, 0.29) is 6.17 Å². The number of nitrogens with two attached hydrogens (primary N) is 1. The summed E-state index contributed by atoms with van der Waals surface area (Å²) in [5.74, 6) is 0.641. The molecule has 4 aromatic rings. The third-order valence-corrected chi connectivity index (χ3v) is 7.10. The molecule has 10 nitrogen and oxygen atoms in total. The quantitative estimate of drug-likeness (QED) is 0.238. The number of methoxy groups -OCH3 is 1. The van der Waals surface area contributed by atoms with Gasteiger partial charge in [0, 0.05) is 32.3 Å². The highest BCUT2D eigenvalue weighted by molar-refractivity contribution is 5.71. The average Bonchev–Trinajstić information content (AvgIpc) is 3.31. The van der Waals surface area contributed by atoms with Crippen molar-refractivity contribution in [3.05, 3.63) is 92.4 Å². The molecule has 2 aromatic carbocycles. The predicted molar refractivity (Wildman–Crippen MR) is 153 cm³/mol. The first-order chi connectivity index (χ1) is 18.7. The maximum atomic E-state index is 13.9. The summed E-state index contributed by atoms with van der Waals surface area (Å²) in [5, 5.41) is 13.5. The fourth-order valence-electron chi connectivity index (χ4n) is 4.69. The van der Waals surface area contributed by atoms with Crippen LogP contribution in [-0.2, 0) is 24.1 Å². The molecule has 10 heteroatoms. The number of aromatic nitrogens is 4. The number of hydrogen-bond donors (Lipinski definition) is 3. The Balaban J connectivity index is 1.92. The Bertz CT molecular complexity index is 1510. The fourth-order valence-corrected chi connectivity index (χ4v) is 4.69. The molecule has 0 aliphatic rings. The minimum absolute atomic E-state index is 0.313. The van der Waals surface area contributed by atoms with Crippen LogP contribution in [0.2, 0.25) is 0 Å². The predicted octanol–water partition coefficient (Wildman–Crippen LogP) is 2.82. The van der Waals surface area contributed by atoms with Gasteiger partial charge in [0.1, 0.15) is 12.1 Å². The molecule has 0 spiro atoms. The van der Waals surface area contributed by atoms with Gasteiger partial charge in [0.25, 0.3) is 5.56 Å². The molecule has 0 bridgehead atoms. The van der Waals surface area contributed by atoms with Gasteiger partial charge >= 0.3 is 5.69 Å². The van der Waals surface area contributed by atoms with E-state index in [4.69, 9.17) is 15.5 Å². The summed E-state index contributed by atoms with van der Waals surface area (Å²) in [6.07, 6.45) is -0.0667. The van der Waals surface area contributed by atoms with E-state index in [0.717, 1.165) is 15.7 Å². The monoisotopic (exact) mass is 534 g/mol. The number of aryl methyl sites for hydroxylation is 2. The minimum Gasteiger partial charge on any atom is -0.399 e. The van der Waals surface area contributed by atoms with Gasteiger partial charge in [-0.1, -0.05) is 49.4 Å². The standard InChI is InChI=1S/C29H38N6O4/c1-5-24(36)18-31-19(2)34-25(17-22-9-7-6-8-10-22)32-27-26(34)28(37)35(20(3)39-4)29(38)33(27)16-15-21-11-13-23(30)14-12-21/h6-14,19-20,24,31,36H,5,15-18,30H2,1-4H3. The van der Waals surface area contributed by atoms with Gasteiger partial charge in [-0.2, -0.15) is 0 Å². The molecular weight excluding hydrogens is 496 g/mol. The zero-order valence-electron chi connectivity index (χ0n) is 23.0. The Labute approximate surface area is 227 Å². The number of aliphatic hydroxyl groups excluding tert-OH is 1. The van der Waals surface area contributed by atoms with Crippen LogP contribution < -0.4 is 22.3 Å². The van der Waals surface area contributed by atoms with Crippen LogP contribution in [0.4, 0.5) is 5.69 Å². The van der Waals surface area contributed by atoms with E-state index in [1.54, 1.807) is 11.5 Å². The molecule has 0 aliphatic carbocycles. The first kappa shape index (κ1) is 28.3. The highest BCUT2D eigenvalue weighted by atomic mass is 16.5. The highest BCUT2D eigenvalue weighted by Crippen LogP contribution is 2.21. The van der Waals surface area contributed by atoms with Crippen LogP contribution in [0.3, 0.4) is 0 Å². The molecule has 2 heterocycles. The summed E-state index contributed by atoms with van der Waals surface area (Å²) in [7, 11) is 1.47. The Morgan fingerprint density at radius 3 is 2.36 bits per heavy atom. The number of nitrogen functional groups attached to an aromatic ring is 1. The number of anilines is 1. The smallest absolute Gasteiger partial charge is 0.334 e. The maximum Gasteiger partial charge on any atom is 0.334 e. The number of ether oxygens (including phenoxy) is 1. The molecule has 0 aliphatic heterocycles.